The Kier molecular flexibility index (Phi) is 1.55. The van der Waals surface area contributed by atoms with Crippen molar-refractivity contribution in [3.8, 4) is 0 Å². The fourth-order valence-electron chi connectivity index (χ4n) is 0.881. The van der Waals surface area contributed by atoms with Gasteiger partial charge >= 0.3 is 6.09 Å². The number of hydrogen-bond acceptors (Lipinski definition) is 4. The van der Waals surface area contributed by atoms with Gasteiger partial charge in [-0.3, -0.25) is 5.32 Å². The van der Waals surface area contributed by atoms with Gasteiger partial charge in [-0.05, 0) is 6.07 Å². The summed E-state index contributed by atoms with van der Waals surface area (Å²) >= 11 is 0. The van der Waals surface area contributed by atoms with E-state index in [9.17, 15) is 4.79 Å². The Balaban J connectivity index is 2.44. The molecule has 0 bridgehead atoms. The first-order chi connectivity index (χ1) is 6.25. The summed E-state index contributed by atoms with van der Waals surface area (Å²) in [6, 6.07) is 1.67. The van der Waals surface area contributed by atoms with Crippen LogP contribution in [0, 0.1) is 0 Å². The zero-order valence-electron chi connectivity index (χ0n) is 6.38. The lowest BCUT2D eigenvalue weighted by molar-refractivity contribution is 0.209. The second kappa shape index (κ2) is 2.70. The molecule has 2 heterocycles. The van der Waals surface area contributed by atoms with Gasteiger partial charge in [-0.15, -0.1) is 5.10 Å². The van der Waals surface area contributed by atoms with Crippen molar-refractivity contribution in [3.63, 3.8) is 0 Å². The minimum absolute atomic E-state index is 0.0196. The molecule has 7 nitrogen and oxygen atoms in total. The van der Waals surface area contributed by atoms with Crippen molar-refractivity contribution in [2.24, 2.45) is 0 Å². The van der Waals surface area contributed by atoms with Crippen LogP contribution >= 0.6 is 0 Å². The van der Waals surface area contributed by atoms with E-state index in [1.54, 1.807) is 18.5 Å². The molecule has 2 N–H and O–H groups in total. The first-order valence-corrected chi connectivity index (χ1v) is 3.43. The van der Waals surface area contributed by atoms with Crippen molar-refractivity contribution >= 4 is 17.8 Å². The van der Waals surface area contributed by atoms with Gasteiger partial charge in [-0.1, -0.05) is 0 Å². The molecule has 0 atom stereocenters. The molecule has 13 heavy (non-hydrogen) atoms. The van der Waals surface area contributed by atoms with E-state index in [0.717, 1.165) is 0 Å². The molecule has 0 unspecified atom stereocenters. The third-order valence-electron chi connectivity index (χ3n) is 1.34. The van der Waals surface area contributed by atoms with Gasteiger partial charge in [0.1, 0.15) is 0 Å². The Morgan fingerprint density at radius 2 is 2.46 bits per heavy atom. The molecule has 0 aromatic carbocycles. The normalized spacial score (nSPS) is 10.2. The van der Waals surface area contributed by atoms with Crippen LogP contribution in [0.15, 0.2) is 18.5 Å². The number of carbonyl (C=O) groups is 1. The summed E-state index contributed by atoms with van der Waals surface area (Å²) in [6.45, 7) is 0. The van der Waals surface area contributed by atoms with E-state index >= 15 is 0 Å². The lowest BCUT2D eigenvalue weighted by Gasteiger charge is -1.88. The molecule has 0 spiro atoms. The largest absolute Gasteiger partial charge is 0.465 e. The van der Waals surface area contributed by atoms with E-state index in [0.29, 0.717) is 5.78 Å². The average Bonchev–Trinajstić information content (AvgIpc) is 2.44. The average molecular weight is 179 g/mol. The number of amides is 1. The molecule has 0 aliphatic rings. The number of anilines is 1. The summed E-state index contributed by atoms with van der Waals surface area (Å²) in [5, 5.41) is 14.2. The molecular weight excluding hydrogens is 174 g/mol. The van der Waals surface area contributed by atoms with Crippen LogP contribution in [0.3, 0.4) is 0 Å². The Morgan fingerprint density at radius 3 is 3.15 bits per heavy atom. The molecule has 0 radical (unpaired) electrons. The first-order valence-electron chi connectivity index (χ1n) is 3.43. The van der Waals surface area contributed by atoms with E-state index < -0.39 is 6.09 Å². The Bertz CT molecular complexity index is 418. The molecule has 0 saturated heterocycles. The van der Waals surface area contributed by atoms with Crippen LogP contribution in [0.5, 0.6) is 0 Å². The summed E-state index contributed by atoms with van der Waals surface area (Å²) in [5.41, 5.74) is 0. The second-order valence-electron chi connectivity index (χ2n) is 2.23. The molecule has 0 aliphatic heterocycles. The molecular formula is C6H5N5O2. The molecule has 2 aromatic rings. The molecule has 7 heteroatoms. The maximum Gasteiger partial charge on any atom is 0.411 e. The Morgan fingerprint density at radius 1 is 1.62 bits per heavy atom. The number of nitrogens with zero attached hydrogens (tertiary/aromatic N) is 4. The van der Waals surface area contributed by atoms with Crippen molar-refractivity contribution in [2.45, 2.75) is 0 Å². The minimum atomic E-state index is -1.20. The van der Waals surface area contributed by atoms with Crippen LogP contribution in [0.2, 0.25) is 0 Å². The fraction of sp³-hybridized carbons (Fsp3) is 0. The predicted octanol–water partition coefficient (Wildman–Crippen LogP) is 0.214. The zero-order chi connectivity index (χ0) is 9.26. The number of fused-ring (bicyclic) bond motifs is 1. The minimum Gasteiger partial charge on any atom is -0.465 e. The van der Waals surface area contributed by atoms with Crippen LogP contribution in [0.25, 0.3) is 5.78 Å². The summed E-state index contributed by atoms with van der Waals surface area (Å²) in [5.74, 6) is 0.373. The zero-order valence-corrected chi connectivity index (χ0v) is 6.38. The SMILES string of the molecule is O=C(O)Nc1nc2ncccn2n1. The lowest BCUT2D eigenvalue weighted by Crippen LogP contribution is -2.08. The van der Waals surface area contributed by atoms with Crippen molar-refractivity contribution in [1.82, 2.24) is 19.6 Å². The van der Waals surface area contributed by atoms with Gasteiger partial charge in [0.25, 0.3) is 11.7 Å². The van der Waals surface area contributed by atoms with E-state index in [-0.39, 0.29) is 5.95 Å². The number of carboxylic acid groups (broad SMARTS) is 1. The second-order valence-corrected chi connectivity index (χ2v) is 2.23. The smallest absolute Gasteiger partial charge is 0.411 e. The molecule has 1 amide bonds. The quantitative estimate of drug-likeness (QED) is 0.652. The highest BCUT2D eigenvalue weighted by atomic mass is 16.4. The van der Waals surface area contributed by atoms with E-state index in [4.69, 9.17) is 5.11 Å². The summed E-state index contributed by atoms with van der Waals surface area (Å²) in [7, 11) is 0. The number of rotatable bonds is 1. The number of nitrogens with one attached hydrogen (secondary N) is 1. The highest BCUT2D eigenvalue weighted by molar-refractivity contribution is 5.80. The van der Waals surface area contributed by atoms with Crippen molar-refractivity contribution in [3.05, 3.63) is 18.5 Å². The van der Waals surface area contributed by atoms with Gasteiger partial charge in [-0.2, -0.15) is 4.98 Å². The molecule has 0 fully saturated rings. The lowest BCUT2D eigenvalue weighted by atomic mass is 10.7. The van der Waals surface area contributed by atoms with Crippen LogP contribution in [0.4, 0.5) is 10.7 Å². The van der Waals surface area contributed by atoms with Crippen molar-refractivity contribution in [2.75, 3.05) is 5.32 Å². The van der Waals surface area contributed by atoms with E-state index in [1.165, 1.54) is 4.52 Å². The molecule has 0 aliphatic carbocycles. The molecule has 0 saturated carbocycles. The summed E-state index contributed by atoms with van der Waals surface area (Å²) < 4.78 is 1.38. The standard InChI is InChI=1S/C6H5N5O2/c12-6(13)9-4-8-5-7-2-1-3-11(5)10-4/h1-3H,(H,9,10)(H,12,13). The van der Waals surface area contributed by atoms with Gasteiger partial charge in [0.15, 0.2) is 0 Å². The highest BCUT2D eigenvalue weighted by Gasteiger charge is 2.05. The maximum atomic E-state index is 10.2. The van der Waals surface area contributed by atoms with Crippen LogP contribution in [-0.2, 0) is 0 Å². The van der Waals surface area contributed by atoms with Gasteiger partial charge in [-0.25, -0.2) is 14.3 Å². The number of hydrogen-bond donors (Lipinski definition) is 2. The Labute approximate surface area is 72.0 Å². The van der Waals surface area contributed by atoms with E-state index in [2.05, 4.69) is 15.1 Å². The fourth-order valence-corrected chi connectivity index (χ4v) is 0.881. The van der Waals surface area contributed by atoms with Gasteiger partial charge < -0.3 is 5.11 Å². The topological polar surface area (TPSA) is 92.4 Å². The number of aromatic nitrogens is 4. The Hall–Kier alpha value is -2.18. The van der Waals surface area contributed by atoms with Gasteiger partial charge in [0, 0.05) is 12.4 Å². The van der Waals surface area contributed by atoms with Crippen LogP contribution in [0.1, 0.15) is 0 Å². The maximum absolute atomic E-state index is 10.2. The van der Waals surface area contributed by atoms with Crippen molar-refractivity contribution < 1.29 is 9.90 Å². The van der Waals surface area contributed by atoms with E-state index in [1.807, 2.05) is 5.32 Å². The first kappa shape index (κ1) is 7.47. The molecule has 2 rings (SSSR count). The third kappa shape index (κ3) is 1.39. The third-order valence-corrected chi connectivity index (χ3v) is 1.34. The van der Waals surface area contributed by atoms with Crippen molar-refractivity contribution in [1.29, 1.82) is 0 Å². The van der Waals surface area contributed by atoms with Gasteiger partial charge in [0.05, 0.1) is 0 Å². The predicted molar refractivity (Wildman–Crippen MR) is 42.4 cm³/mol. The molecule has 66 valence electrons. The molecule has 2 aromatic heterocycles. The highest BCUT2D eigenvalue weighted by Crippen LogP contribution is 2.00. The monoisotopic (exact) mass is 179 g/mol. The van der Waals surface area contributed by atoms with Crippen LogP contribution < -0.4 is 5.32 Å². The summed E-state index contributed by atoms with van der Waals surface area (Å²) in [6.07, 6.45) is 1.98. The van der Waals surface area contributed by atoms with Gasteiger partial charge in [0.2, 0.25) is 0 Å². The summed E-state index contributed by atoms with van der Waals surface area (Å²) in [4.78, 5) is 17.9. The van der Waals surface area contributed by atoms with Crippen LogP contribution in [-0.4, -0.2) is 30.8 Å².